The van der Waals surface area contributed by atoms with E-state index in [0.29, 0.717) is 0 Å². The minimum Gasteiger partial charge on any atom is -0.384 e. The topological polar surface area (TPSA) is 24.9 Å². The fraction of sp³-hybridized carbons (Fsp3) is 0.222. The van der Waals surface area contributed by atoms with Crippen molar-refractivity contribution < 1.29 is 0 Å². The summed E-state index contributed by atoms with van der Waals surface area (Å²) in [4.78, 5) is 4.14. The fourth-order valence-corrected chi connectivity index (χ4v) is 0.845. The van der Waals surface area contributed by atoms with Gasteiger partial charge in [0.05, 0.1) is 11.4 Å². The van der Waals surface area contributed by atoms with Gasteiger partial charge in [0.15, 0.2) is 0 Å². The van der Waals surface area contributed by atoms with Gasteiger partial charge in [0.1, 0.15) is 0 Å². The van der Waals surface area contributed by atoms with Gasteiger partial charge in [-0.3, -0.25) is 4.98 Å². The Morgan fingerprint density at radius 2 is 2.45 bits per heavy atom. The van der Waals surface area contributed by atoms with Gasteiger partial charge in [-0.1, -0.05) is 12.6 Å². The van der Waals surface area contributed by atoms with E-state index in [1.807, 2.05) is 25.1 Å². The van der Waals surface area contributed by atoms with Crippen LogP contribution in [0.3, 0.4) is 0 Å². The molecular weight excluding hydrogens is 136 g/mol. The first-order valence-electron chi connectivity index (χ1n) is 3.68. The van der Waals surface area contributed by atoms with Crippen molar-refractivity contribution >= 4 is 5.70 Å². The van der Waals surface area contributed by atoms with E-state index in [-0.39, 0.29) is 0 Å². The molecule has 0 bridgehead atoms. The molecule has 2 nitrogen and oxygen atoms in total. The molecule has 1 rings (SSSR count). The van der Waals surface area contributed by atoms with E-state index in [0.717, 1.165) is 17.9 Å². The Labute approximate surface area is 67.0 Å². The van der Waals surface area contributed by atoms with Crippen LogP contribution in [-0.2, 0) is 0 Å². The van der Waals surface area contributed by atoms with Crippen molar-refractivity contribution in [1.82, 2.24) is 10.3 Å². The molecule has 0 aliphatic rings. The van der Waals surface area contributed by atoms with E-state index in [4.69, 9.17) is 0 Å². The van der Waals surface area contributed by atoms with Gasteiger partial charge < -0.3 is 5.32 Å². The van der Waals surface area contributed by atoms with E-state index in [1.165, 1.54) is 0 Å². The number of rotatable bonds is 3. The average molecular weight is 148 g/mol. The quantitative estimate of drug-likeness (QED) is 0.705. The summed E-state index contributed by atoms with van der Waals surface area (Å²) in [5, 5.41) is 3.10. The molecule has 0 aliphatic heterocycles. The molecule has 0 aliphatic carbocycles. The van der Waals surface area contributed by atoms with Crippen LogP contribution >= 0.6 is 0 Å². The minimum absolute atomic E-state index is 0.883. The van der Waals surface area contributed by atoms with Crippen molar-refractivity contribution in [2.24, 2.45) is 0 Å². The normalized spacial score (nSPS) is 9.18. The van der Waals surface area contributed by atoms with Gasteiger partial charge in [0, 0.05) is 12.7 Å². The molecule has 0 saturated carbocycles. The highest BCUT2D eigenvalue weighted by Gasteiger charge is 1.94. The van der Waals surface area contributed by atoms with Gasteiger partial charge in [-0.05, 0) is 19.1 Å². The summed E-state index contributed by atoms with van der Waals surface area (Å²) in [6.45, 7) is 6.76. The first kappa shape index (κ1) is 7.79. The molecular formula is C9H12N2. The Hall–Kier alpha value is -1.31. The van der Waals surface area contributed by atoms with Gasteiger partial charge >= 0.3 is 0 Å². The smallest absolute Gasteiger partial charge is 0.0854 e. The Morgan fingerprint density at radius 3 is 3.00 bits per heavy atom. The zero-order valence-electron chi connectivity index (χ0n) is 6.67. The first-order valence-corrected chi connectivity index (χ1v) is 3.68. The second-order valence-electron chi connectivity index (χ2n) is 2.22. The molecule has 1 heterocycles. The maximum Gasteiger partial charge on any atom is 0.0854 e. The third-order valence-corrected chi connectivity index (χ3v) is 1.36. The highest BCUT2D eigenvalue weighted by Crippen LogP contribution is 2.02. The van der Waals surface area contributed by atoms with Crippen molar-refractivity contribution in [1.29, 1.82) is 0 Å². The largest absolute Gasteiger partial charge is 0.384 e. The molecule has 0 amide bonds. The zero-order chi connectivity index (χ0) is 8.10. The standard InChI is InChI=1S/C9H12N2/c1-3-10-8(2)9-6-4-5-7-11-9/h4-7,10H,2-3H2,1H3. The summed E-state index contributed by atoms with van der Waals surface area (Å²) >= 11 is 0. The minimum atomic E-state index is 0.883. The zero-order valence-corrected chi connectivity index (χ0v) is 6.67. The van der Waals surface area contributed by atoms with Crippen molar-refractivity contribution in [2.75, 3.05) is 6.54 Å². The summed E-state index contributed by atoms with van der Waals surface area (Å²) in [5.41, 5.74) is 1.79. The second kappa shape index (κ2) is 3.76. The van der Waals surface area contributed by atoms with Crippen molar-refractivity contribution in [3.8, 4) is 0 Å². The lowest BCUT2D eigenvalue weighted by atomic mass is 10.3. The number of pyridine rings is 1. The Balaban J connectivity index is 2.69. The third-order valence-electron chi connectivity index (χ3n) is 1.36. The maximum absolute atomic E-state index is 4.14. The number of hydrogen-bond donors (Lipinski definition) is 1. The molecule has 58 valence electrons. The Kier molecular flexibility index (Phi) is 2.66. The van der Waals surface area contributed by atoms with Gasteiger partial charge in [-0.15, -0.1) is 0 Å². The van der Waals surface area contributed by atoms with E-state index in [1.54, 1.807) is 6.20 Å². The third kappa shape index (κ3) is 2.08. The number of nitrogens with zero attached hydrogens (tertiary/aromatic N) is 1. The van der Waals surface area contributed by atoms with Crippen molar-refractivity contribution in [3.05, 3.63) is 36.7 Å². The highest BCUT2D eigenvalue weighted by molar-refractivity contribution is 5.57. The van der Waals surface area contributed by atoms with Crippen LogP contribution in [0, 0.1) is 0 Å². The van der Waals surface area contributed by atoms with Crippen LogP contribution in [0.4, 0.5) is 0 Å². The number of aromatic nitrogens is 1. The lowest BCUT2D eigenvalue weighted by Gasteiger charge is -2.04. The summed E-state index contributed by atoms with van der Waals surface area (Å²) in [6.07, 6.45) is 1.76. The molecule has 0 unspecified atom stereocenters. The molecule has 1 N–H and O–H groups in total. The Bertz CT molecular complexity index is 229. The second-order valence-corrected chi connectivity index (χ2v) is 2.22. The predicted octanol–water partition coefficient (Wildman–Crippen LogP) is 1.66. The molecule has 0 aromatic carbocycles. The van der Waals surface area contributed by atoms with E-state index in [2.05, 4.69) is 16.9 Å². The molecule has 0 atom stereocenters. The van der Waals surface area contributed by atoms with Crippen LogP contribution in [-0.4, -0.2) is 11.5 Å². The molecule has 0 saturated heterocycles. The summed E-state index contributed by atoms with van der Waals surface area (Å²) in [7, 11) is 0. The van der Waals surface area contributed by atoms with Crippen LogP contribution < -0.4 is 5.32 Å². The first-order chi connectivity index (χ1) is 5.34. The van der Waals surface area contributed by atoms with Crippen molar-refractivity contribution in [3.63, 3.8) is 0 Å². The fourth-order valence-electron chi connectivity index (χ4n) is 0.845. The predicted molar refractivity (Wildman–Crippen MR) is 46.9 cm³/mol. The van der Waals surface area contributed by atoms with Crippen LogP contribution in [0.15, 0.2) is 31.0 Å². The average Bonchev–Trinajstić information content (AvgIpc) is 2.07. The van der Waals surface area contributed by atoms with Crippen LogP contribution in [0.25, 0.3) is 5.70 Å². The van der Waals surface area contributed by atoms with E-state index in [9.17, 15) is 0 Å². The maximum atomic E-state index is 4.14. The van der Waals surface area contributed by atoms with Crippen LogP contribution in [0.2, 0.25) is 0 Å². The van der Waals surface area contributed by atoms with Gasteiger partial charge in [0.25, 0.3) is 0 Å². The molecule has 1 aromatic rings. The lowest BCUT2D eigenvalue weighted by Crippen LogP contribution is -2.10. The number of hydrogen-bond acceptors (Lipinski definition) is 2. The number of nitrogens with one attached hydrogen (secondary N) is 1. The highest BCUT2D eigenvalue weighted by atomic mass is 14.9. The van der Waals surface area contributed by atoms with Crippen molar-refractivity contribution in [2.45, 2.75) is 6.92 Å². The van der Waals surface area contributed by atoms with Gasteiger partial charge in [-0.2, -0.15) is 0 Å². The summed E-state index contributed by atoms with van der Waals surface area (Å²) in [5.74, 6) is 0. The molecule has 2 heteroatoms. The summed E-state index contributed by atoms with van der Waals surface area (Å²) < 4.78 is 0. The molecule has 0 radical (unpaired) electrons. The van der Waals surface area contributed by atoms with E-state index >= 15 is 0 Å². The Morgan fingerprint density at radius 1 is 1.64 bits per heavy atom. The van der Waals surface area contributed by atoms with Crippen LogP contribution in [0.5, 0.6) is 0 Å². The van der Waals surface area contributed by atoms with Gasteiger partial charge in [0.2, 0.25) is 0 Å². The lowest BCUT2D eigenvalue weighted by molar-refractivity contribution is 0.933. The van der Waals surface area contributed by atoms with Gasteiger partial charge in [-0.25, -0.2) is 0 Å². The summed E-state index contributed by atoms with van der Waals surface area (Å²) in [6, 6.07) is 5.78. The molecule has 1 aromatic heterocycles. The SMILES string of the molecule is C=C(NCC)c1ccccn1. The van der Waals surface area contributed by atoms with E-state index < -0.39 is 0 Å². The molecule has 11 heavy (non-hydrogen) atoms. The molecule has 0 spiro atoms. The van der Waals surface area contributed by atoms with Crippen LogP contribution in [0.1, 0.15) is 12.6 Å². The molecule has 0 fully saturated rings. The monoisotopic (exact) mass is 148 g/mol.